The van der Waals surface area contributed by atoms with Crippen molar-refractivity contribution < 1.29 is 14.3 Å². The van der Waals surface area contributed by atoms with Crippen LogP contribution in [-0.2, 0) is 17.8 Å². The normalized spacial score (nSPS) is 10.6. The maximum absolute atomic E-state index is 12.2. The van der Waals surface area contributed by atoms with Crippen molar-refractivity contribution in [1.29, 1.82) is 0 Å². The number of hydrogen-bond acceptors (Lipinski definition) is 6. The highest BCUT2D eigenvalue weighted by Gasteiger charge is 2.11. The second kappa shape index (κ2) is 9.52. The molecule has 2 N–H and O–H groups in total. The number of rotatable bonds is 9. The van der Waals surface area contributed by atoms with E-state index in [0.29, 0.717) is 42.2 Å². The Morgan fingerprint density at radius 1 is 1.29 bits per heavy atom. The van der Waals surface area contributed by atoms with Gasteiger partial charge >= 0.3 is 0 Å². The third-order valence-corrected chi connectivity index (χ3v) is 5.42. The molecule has 0 fully saturated rings. The number of benzene rings is 1. The Balaban J connectivity index is 1.51. The van der Waals surface area contributed by atoms with E-state index in [-0.39, 0.29) is 5.91 Å². The van der Waals surface area contributed by atoms with Gasteiger partial charge < -0.3 is 14.8 Å². The van der Waals surface area contributed by atoms with Gasteiger partial charge in [0, 0.05) is 19.5 Å². The fourth-order valence-electron chi connectivity index (χ4n) is 2.80. The number of nitrogens with zero attached hydrogens (tertiary/aromatic N) is 2. The molecule has 1 amide bonds. The van der Waals surface area contributed by atoms with E-state index in [4.69, 9.17) is 21.7 Å². The van der Waals surface area contributed by atoms with E-state index in [1.54, 1.807) is 25.6 Å². The highest BCUT2D eigenvalue weighted by molar-refractivity contribution is 7.71. The van der Waals surface area contributed by atoms with Crippen LogP contribution in [0.1, 0.15) is 12.0 Å². The first kappa shape index (κ1) is 20.1. The van der Waals surface area contributed by atoms with Crippen LogP contribution in [-0.4, -0.2) is 41.4 Å². The SMILES string of the molecule is COc1ccc(CCNC(=O)CCn2c(-c3cccs3)n[nH]c2=S)cc1OC. The lowest BCUT2D eigenvalue weighted by molar-refractivity contribution is -0.121. The second-order valence-corrected chi connectivity index (χ2v) is 7.35. The van der Waals surface area contributed by atoms with Crippen LogP contribution in [0.3, 0.4) is 0 Å². The van der Waals surface area contributed by atoms with Crippen molar-refractivity contribution in [2.24, 2.45) is 0 Å². The topological polar surface area (TPSA) is 81.2 Å². The second-order valence-electron chi connectivity index (χ2n) is 6.02. The maximum Gasteiger partial charge on any atom is 0.221 e. The number of methoxy groups -OCH3 is 2. The van der Waals surface area contributed by atoms with Crippen LogP contribution in [0, 0.1) is 4.77 Å². The zero-order valence-corrected chi connectivity index (χ0v) is 17.4. The van der Waals surface area contributed by atoms with Crippen LogP contribution in [0.4, 0.5) is 0 Å². The Hall–Kier alpha value is -2.65. The smallest absolute Gasteiger partial charge is 0.221 e. The van der Waals surface area contributed by atoms with Crippen molar-refractivity contribution in [2.45, 2.75) is 19.4 Å². The molecule has 28 heavy (non-hydrogen) atoms. The van der Waals surface area contributed by atoms with Crippen molar-refractivity contribution in [3.05, 3.63) is 46.0 Å². The molecule has 0 aliphatic heterocycles. The number of thiophene rings is 1. The molecule has 0 saturated carbocycles. The van der Waals surface area contributed by atoms with Gasteiger partial charge in [-0.15, -0.1) is 11.3 Å². The van der Waals surface area contributed by atoms with Gasteiger partial charge in [-0.1, -0.05) is 12.1 Å². The van der Waals surface area contributed by atoms with Crippen LogP contribution < -0.4 is 14.8 Å². The first-order valence-electron chi connectivity index (χ1n) is 8.79. The molecule has 0 radical (unpaired) electrons. The molecule has 9 heteroatoms. The van der Waals surface area contributed by atoms with Gasteiger partial charge in [0.25, 0.3) is 0 Å². The van der Waals surface area contributed by atoms with Crippen molar-refractivity contribution in [1.82, 2.24) is 20.1 Å². The van der Waals surface area contributed by atoms with E-state index < -0.39 is 0 Å². The first-order valence-corrected chi connectivity index (χ1v) is 10.1. The number of carbonyl (C=O) groups is 1. The Kier molecular flexibility index (Phi) is 6.83. The molecule has 7 nitrogen and oxygen atoms in total. The number of carbonyl (C=O) groups excluding carboxylic acids is 1. The van der Waals surface area contributed by atoms with Gasteiger partial charge in [0.2, 0.25) is 5.91 Å². The molecule has 0 saturated heterocycles. The van der Waals surface area contributed by atoms with Crippen molar-refractivity contribution in [2.75, 3.05) is 20.8 Å². The summed E-state index contributed by atoms with van der Waals surface area (Å²) in [4.78, 5) is 13.2. The van der Waals surface area contributed by atoms with Gasteiger partial charge in [-0.05, 0) is 47.8 Å². The highest BCUT2D eigenvalue weighted by Crippen LogP contribution is 2.27. The minimum absolute atomic E-state index is 0.0271. The fourth-order valence-corrected chi connectivity index (χ4v) is 3.75. The molecular weight excluding hydrogens is 396 g/mol. The molecule has 0 unspecified atom stereocenters. The maximum atomic E-state index is 12.2. The lowest BCUT2D eigenvalue weighted by Crippen LogP contribution is -2.26. The van der Waals surface area contributed by atoms with Crippen LogP contribution in [0.5, 0.6) is 11.5 Å². The van der Waals surface area contributed by atoms with Gasteiger partial charge in [-0.3, -0.25) is 14.5 Å². The summed E-state index contributed by atoms with van der Waals surface area (Å²) in [6.45, 7) is 1.02. The van der Waals surface area contributed by atoms with Gasteiger partial charge in [0.05, 0.1) is 19.1 Å². The van der Waals surface area contributed by atoms with Crippen LogP contribution in [0.15, 0.2) is 35.7 Å². The Morgan fingerprint density at radius 3 is 2.82 bits per heavy atom. The predicted molar refractivity (Wildman–Crippen MR) is 112 cm³/mol. The molecule has 1 aromatic carbocycles. The molecule has 0 aliphatic carbocycles. The summed E-state index contributed by atoms with van der Waals surface area (Å²) in [5.74, 6) is 2.11. The average molecular weight is 419 g/mol. The number of aromatic amines is 1. The number of nitrogens with one attached hydrogen (secondary N) is 2. The van der Waals surface area contributed by atoms with Crippen molar-refractivity contribution >= 4 is 29.5 Å². The molecule has 2 heterocycles. The van der Waals surface area contributed by atoms with E-state index in [1.807, 2.05) is 40.3 Å². The summed E-state index contributed by atoms with van der Waals surface area (Å²) >= 11 is 6.88. The number of aromatic nitrogens is 3. The molecule has 0 aliphatic rings. The van der Waals surface area contributed by atoms with Gasteiger partial charge in [0.15, 0.2) is 22.1 Å². The molecule has 0 bridgehead atoms. The molecule has 0 spiro atoms. The van der Waals surface area contributed by atoms with Crippen LogP contribution >= 0.6 is 23.6 Å². The molecule has 2 aromatic heterocycles. The number of hydrogen-bond donors (Lipinski definition) is 2. The van der Waals surface area contributed by atoms with E-state index in [0.717, 1.165) is 16.3 Å². The minimum Gasteiger partial charge on any atom is -0.493 e. The third-order valence-electron chi connectivity index (χ3n) is 4.25. The Bertz CT molecular complexity index is 979. The van der Waals surface area contributed by atoms with E-state index >= 15 is 0 Å². The average Bonchev–Trinajstić information content (AvgIpc) is 3.36. The summed E-state index contributed by atoms with van der Waals surface area (Å²) in [5, 5.41) is 12.0. The quantitative estimate of drug-likeness (QED) is 0.520. The van der Waals surface area contributed by atoms with E-state index in [1.165, 1.54) is 0 Å². The molecular formula is C19H22N4O3S2. The van der Waals surface area contributed by atoms with Crippen molar-refractivity contribution in [3.63, 3.8) is 0 Å². The fraction of sp³-hybridized carbons (Fsp3) is 0.316. The standard InChI is InChI=1S/C19H22N4O3S2/c1-25-14-6-5-13(12-15(14)26-2)7-9-20-17(24)8-10-23-18(21-22-19(23)27)16-4-3-11-28-16/h3-6,11-12H,7-10H2,1-2H3,(H,20,24)(H,22,27). The first-order chi connectivity index (χ1) is 13.6. The van der Waals surface area contributed by atoms with Gasteiger partial charge in [-0.2, -0.15) is 5.10 Å². The monoisotopic (exact) mass is 418 g/mol. The zero-order valence-electron chi connectivity index (χ0n) is 15.7. The predicted octanol–water partition coefficient (Wildman–Crippen LogP) is 3.44. The minimum atomic E-state index is -0.0271. The van der Waals surface area contributed by atoms with Gasteiger partial charge in [-0.25, -0.2) is 0 Å². The summed E-state index contributed by atoms with van der Waals surface area (Å²) < 4.78 is 12.9. The lowest BCUT2D eigenvalue weighted by Gasteiger charge is -2.10. The summed E-state index contributed by atoms with van der Waals surface area (Å²) in [6, 6.07) is 9.69. The van der Waals surface area contributed by atoms with Gasteiger partial charge in [0.1, 0.15) is 0 Å². The number of amides is 1. The van der Waals surface area contributed by atoms with Crippen LogP contribution in [0.2, 0.25) is 0 Å². The molecule has 3 rings (SSSR count). The number of H-pyrrole nitrogens is 1. The molecule has 148 valence electrons. The molecule has 3 aromatic rings. The lowest BCUT2D eigenvalue weighted by atomic mass is 10.1. The summed E-state index contributed by atoms with van der Waals surface area (Å²) in [7, 11) is 3.21. The van der Waals surface area contributed by atoms with Crippen LogP contribution in [0.25, 0.3) is 10.7 Å². The van der Waals surface area contributed by atoms with Crippen molar-refractivity contribution in [3.8, 4) is 22.2 Å². The van der Waals surface area contributed by atoms with E-state index in [9.17, 15) is 4.79 Å². The molecule has 0 atom stereocenters. The Morgan fingerprint density at radius 2 is 2.11 bits per heavy atom. The Labute approximate surface area is 172 Å². The number of ether oxygens (including phenoxy) is 2. The summed E-state index contributed by atoms with van der Waals surface area (Å²) in [6.07, 6.45) is 1.04. The third kappa shape index (κ3) is 4.79. The zero-order chi connectivity index (χ0) is 19.9. The largest absolute Gasteiger partial charge is 0.493 e. The van der Waals surface area contributed by atoms with E-state index in [2.05, 4.69) is 15.5 Å². The highest BCUT2D eigenvalue weighted by atomic mass is 32.1. The summed E-state index contributed by atoms with van der Waals surface area (Å²) in [5.41, 5.74) is 1.06.